The van der Waals surface area contributed by atoms with Crippen LogP contribution < -0.4 is 10.2 Å². The summed E-state index contributed by atoms with van der Waals surface area (Å²) < 4.78 is 31.7. The Morgan fingerprint density at radius 2 is 1.91 bits per heavy atom. The molecule has 2 aliphatic heterocycles. The molecule has 1 saturated carbocycles. The summed E-state index contributed by atoms with van der Waals surface area (Å²) in [6.07, 6.45) is 0.469. The second-order valence-electron chi connectivity index (χ2n) is 8.45. The number of halogens is 3. The molecule has 0 aromatic carbocycles. The highest BCUT2D eigenvalue weighted by Crippen LogP contribution is 2.34. The summed E-state index contributed by atoms with van der Waals surface area (Å²) in [6, 6.07) is 2.41. The highest BCUT2D eigenvalue weighted by Gasteiger charge is 2.49. The fourth-order valence-electron chi connectivity index (χ4n) is 4.41. The van der Waals surface area contributed by atoms with Crippen LogP contribution in [0.15, 0.2) is 16.8 Å². The maximum atomic E-state index is 12.6. The molecular weight excluding hydrogens is 449 g/mol. The number of urea groups is 1. The number of hydrogen-bond acceptors (Lipinski definition) is 5. The van der Waals surface area contributed by atoms with Gasteiger partial charge in [0, 0.05) is 31.1 Å². The minimum absolute atomic E-state index is 0.0659. The minimum Gasteiger partial charge on any atom is -0.475 e. The molecule has 1 aromatic rings. The average molecular weight is 477 g/mol. The molecule has 1 unspecified atom stereocenters. The molecule has 12 heteroatoms. The molecule has 178 valence electrons. The van der Waals surface area contributed by atoms with Gasteiger partial charge in [-0.1, -0.05) is 12.8 Å². The van der Waals surface area contributed by atoms with E-state index in [0.29, 0.717) is 25.7 Å². The number of amides is 3. The number of carboxylic acid groups (broad SMARTS) is 1. The van der Waals surface area contributed by atoms with E-state index in [1.54, 1.807) is 11.3 Å². The molecule has 1 atom stereocenters. The number of carboxylic acids is 1. The normalized spacial score (nSPS) is 24.6. The van der Waals surface area contributed by atoms with Crippen molar-refractivity contribution in [2.45, 2.75) is 49.9 Å². The predicted octanol–water partition coefficient (Wildman–Crippen LogP) is 2.76. The van der Waals surface area contributed by atoms with E-state index >= 15 is 0 Å². The Bertz CT molecular complexity index is 829. The molecule has 4 rings (SSSR count). The second-order valence-corrected chi connectivity index (χ2v) is 9.23. The zero-order valence-corrected chi connectivity index (χ0v) is 18.5. The average Bonchev–Trinajstić information content (AvgIpc) is 3.47. The number of likely N-dealkylation sites (N-methyl/N-ethyl adjacent to an activating group) is 1. The number of nitrogens with zero attached hydrogens (tertiary/aromatic N) is 3. The quantitative estimate of drug-likeness (QED) is 0.685. The van der Waals surface area contributed by atoms with Crippen LogP contribution in [0.3, 0.4) is 0 Å². The van der Waals surface area contributed by atoms with Crippen molar-refractivity contribution in [3.05, 3.63) is 16.8 Å². The van der Waals surface area contributed by atoms with E-state index in [1.807, 2.05) is 33.7 Å². The lowest BCUT2D eigenvalue weighted by Gasteiger charge is -2.46. The van der Waals surface area contributed by atoms with Crippen molar-refractivity contribution >= 4 is 34.9 Å². The number of likely N-dealkylation sites (tertiary alicyclic amines) is 1. The molecule has 3 aliphatic rings. The molecule has 2 saturated heterocycles. The van der Waals surface area contributed by atoms with Crippen LogP contribution in [0, 0.1) is 0 Å². The summed E-state index contributed by atoms with van der Waals surface area (Å²) in [5.74, 6) is -2.62. The Balaban J connectivity index is 0.000000360. The van der Waals surface area contributed by atoms with E-state index in [4.69, 9.17) is 9.90 Å². The Morgan fingerprint density at radius 1 is 1.25 bits per heavy atom. The van der Waals surface area contributed by atoms with E-state index in [2.05, 4.69) is 10.2 Å². The molecule has 3 fully saturated rings. The second kappa shape index (κ2) is 9.65. The van der Waals surface area contributed by atoms with Crippen LogP contribution in [0.1, 0.15) is 32.1 Å². The molecular formula is C20H27F3N4O4S. The number of carbonyl (C=O) groups is 3. The summed E-state index contributed by atoms with van der Waals surface area (Å²) in [6.45, 7) is 2.52. The van der Waals surface area contributed by atoms with Crippen LogP contribution in [-0.2, 0) is 9.59 Å². The molecule has 32 heavy (non-hydrogen) atoms. The van der Waals surface area contributed by atoms with E-state index in [1.165, 1.54) is 12.8 Å². The molecule has 8 nitrogen and oxygen atoms in total. The Hall–Kier alpha value is -2.34. The number of carbonyl (C=O) groups excluding carboxylic acids is 2. The molecule has 0 radical (unpaired) electrons. The maximum Gasteiger partial charge on any atom is 0.490 e. The molecule has 2 N–H and O–H groups in total. The van der Waals surface area contributed by atoms with Crippen molar-refractivity contribution in [1.29, 1.82) is 0 Å². The van der Waals surface area contributed by atoms with Crippen molar-refractivity contribution in [3.8, 4) is 0 Å². The van der Waals surface area contributed by atoms with Gasteiger partial charge in [0.15, 0.2) is 0 Å². The fourth-order valence-corrected chi connectivity index (χ4v) is 5.05. The monoisotopic (exact) mass is 476 g/mol. The van der Waals surface area contributed by atoms with Crippen LogP contribution in [0.5, 0.6) is 0 Å². The third kappa shape index (κ3) is 5.52. The van der Waals surface area contributed by atoms with Crippen LogP contribution in [0.2, 0.25) is 0 Å². The van der Waals surface area contributed by atoms with Gasteiger partial charge in [-0.25, -0.2) is 9.59 Å². The van der Waals surface area contributed by atoms with Gasteiger partial charge in [-0.05, 0) is 37.8 Å². The SMILES string of the molecule is CN1CC(=O)N(c2ccsc2)CC12CCN(C(=O)NC1CCCC1)C2.O=C(O)C(F)(F)F. The van der Waals surface area contributed by atoms with Crippen LogP contribution in [0.4, 0.5) is 23.7 Å². The Kier molecular flexibility index (Phi) is 7.33. The van der Waals surface area contributed by atoms with Gasteiger partial charge < -0.3 is 20.2 Å². The third-order valence-electron chi connectivity index (χ3n) is 6.30. The smallest absolute Gasteiger partial charge is 0.475 e. The maximum absolute atomic E-state index is 12.6. The van der Waals surface area contributed by atoms with Crippen molar-refractivity contribution in [2.24, 2.45) is 0 Å². The van der Waals surface area contributed by atoms with E-state index in [9.17, 15) is 22.8 Å². The Morgan fingerprint density at radius 3 is 2.47 bits per heavy atom. The lowest BCUT2D eigenvalue weighted by atomic mass is 9.93. The first-order chi connectivity index (χ1) is 15.0. The first-order valence-electron chi connectivity index (χ1n) is 10.4. The minimum atomic E-state index is -5.08. The molecule has 1 spiro atoms. The van der Waals surface area contributed by atoms with Crippen molar-refractivity contribution in [1.82, 2.24) is 15.1 Å². The highest BCUT2D eigenvalue weighted by molar-refractivity contribution is 7.08. The van der Waals surface area contributed by atoms with E-state index in [0.717, 1.165) is 31.5 Å². The van der Waals surface area contributed by atoms with Gasteiger partial charge in [0.1, 0.15) is 0 Å². The van der Waals surface area contributed by atoms with E-state index < -0.39 is 12.1 Å². The molecule has 1 aromatic heterocycles. The van der Waals surface area contributed by atoms with Crippen LogP contribution >= 0.6 is 11.3 Å². The number of aliphatic carboxylic acids is 1. The van der Waals surface area contributed by atoms with E-state index in [-0.39, 0.29) is 17.5 Å². The van der Waals surface area contributed by atoms with Gasteiger partial charge in [0.25, 0.3) is 0 Å². The Labute approximate surface area is 188 Å². The van der Waals surface area contributed by atoms with Crippen molar-refractivity contribution in [3.63, 3.8) is 0 Å². The van der Waals surface area contributed by atoms with Crippen LogP contribution in [-0.4, -0.2) is 83.8 Å². The number of anilines is 1. The van der Waals surface area contributed by atoms with Crippen molar-refractivity contribution in [2.75, 3.05) is 38.1 Å². The number of hydrogen-bond donors (Lipinski definition) is 2. The number of rotatable bonds is 2. The lowest BCUT2D eigenvalue weighted by molar-refractivity contribution is -0.192. The lowest BCUT2D eigenvalue weighted by Crippen LogP contribution is -2.64. The van der Waals surface area contributed by atoms with Gasteiger partial charge in [-0.15, -0.1) is 0 Å². The topological polar surface area (TPSA) is 93.2 Å². The molecule has 3 heterocycles. The van der Waals surface area contributed by atoms with Gasteiger partial charge >= 0.3 is 18.2 Å². The predicted molar refractivity (Wildman–Crippen MR) is 113 cm³/mol. The number of piperazine rings is 1. The molecule has 0 bridgehead atoms. The highest BCUT2D eigenvalue weighted by atomic mass is 32.1. The summed E-state index contributed by atoms with van der Waals surface area (Å²) in [7, 11) is 2.02. The summed E-state index contributed by atoms with van der Waals surface area (Å²) >= 11 is 1.61. The largest absolute Gasteiger partial charge is 0.490 e. The molecule has 1 aliphatic carbocycles. The summed E-state index contributed by atoms with van der Waals surface area (Å²) in [5, 5.41) is 14.3. The number of thiophene rings is 1. The fraction of sp³-hybridized carbons (Fsp3) is 0.650. The number of nitrogens with one attached hydrogen (secondary N) is 1. The summed E-state index contributed by atoms with van der Waals surface area (Å²) in [4.78, 5) is 40.0. The zero-order chi connectivity index (χ0) is 23.5. The van der Waals surface area contributed by atoms with Crippen molar-refractivity contribution < 1.29 is 32.7 Å². The van der Waals surface area contributed by atoms with Crippen LogP contribution in [0.25, 0.3) is 0 Å². The first-order valence-corrected chi connectivity index (χ1v) is 11.4. The van der Waals surface area contributed by atoms with Gasteiger partial charge in [-0.2, -0.15) is 24.5 Å². The number of alkyl halides is 3. The summed E-state index contributed by atoms with van der Waals surface area (Å²) in [5.41, 5.74) is 0.847. The standard InChI is InChI=1S/C18H26N4O2S.C2HF3O2/c1-20-10-16(23)22(15-6-9-25-11-15)13-18(20)7-8-21(12-18)17(24)19-14-4-2-3-5-14;3-2(4,5)1(6)7/h6,9,11,14H,2-5,7-8,10,12-13H2,1H3,(H,19,24);(H,6,7). The molecule has 3 amide bonds. The van der Waals surface area contributed by atoms with Gasteiger partial charge in [-0.3, -0.25) is 9.69 Å². The van der Waals surface area contributed by atoms with Gasteiger partial charge in [0.2, 0.25) is 5.91 Å². The third-order valence-corrected chi connectivity index (χ3v) is 6.97. The first kappa shape index (κ1) is 24.3. The van der Waals surface area contributed by atoms with Gasteiger partial charge in [0.05, 0.1) is 17.8 Å². The zero-order valence-electron chi connectivity index (χ0n) is 17.7.